The third-order valence-corrected chi connectivity index (χ3v) is 2.62. The molecule has 94 valence electrons. The molecule has 0 fully saturated rings. The van der Waals surface area contributed by atoms with Gasteiger partial charge in [-0.1, -0.05) is 12.1 Å². The molecule has 0 aliphatic carbocycles. The summed E-state index contributed by atoms with van der Waals surface area (Å²) in [6.07, 6.45) is 0. The SMILES string of the molecule is Cc1cccc(OCc2cc(C(=O)O)oc2C)c1. The van der Waals surface area contributed by atoms with E-state index in [4.69, 9.17) is 14.3 Å². The molecule has 0 aliphatic heterocycles. The fourth-order valence-electron chi connectivity index (χ4n) is 1.63. The molecular formula is C14H14O4. The molecule has 1 heterocycles. The molecule has 1 N–H and O–H groups in total. The van der Waals surface area contributed by atoms with Crippen LogP contribution in [0.5, 0.6) is 5.75 Å². The summed E-state index contributed by atoms with van der Waals surface area (Å²) in [6.45, 7) is 4.01. The summed E-state index contributed by atoms with van der Waals surface area (Å²) in [4.78, 5) is 10.8. The average Bonchev–Trinajstić information content (AvgIpc) is 2.68. The van der Waals surface area contributed by atoms with Crippen LogP contribution in [-0.2, 0) is 6.61 Å². The van der Waals surface area contributed by atoms with Crippen molar-refractivity contribution in [1.82, 2.24) is 0 Å². The van der Waals surface area contributed by atoms with E-state index < -0.39 is 5.97 Å². The Morgan fingerprint density at radius 1 is 1.33 bits per heavy atom. The molecular weight excluding hydrogens is 232 g/mol. The summed E-state index contributed by atoms with van der Waals surface area (Å²) in [6, 6.07) is 9.18. The highest BCUT2D eigenvalue weighted by molar-refractivity contribution is 5.84. The first-order valence-corrected chi connectivity index (χ1v) is 5.58. The number of aryl methyl sites for hydroxylation is 2. The highest BCUT2D eigenvalue weighted by Gasteiger charge is 2.13. The van der Waals surface area contributed by atoms with Gasteiger partial charge in [0.25, 0.3) is 0 Å². The summed E-state index contributed by atoms with van der Waals surface area (Å²) in [7, 11) is 0. The van der Waals surface area contributed by atoms with Crippen molar-refractivity contribution in [2.75, 3.05) is 0 Å². The summed E-state index contributed by atoms with van der Waals surface area (Å²) in [5.74, 6) is 0.197. The minimum absolute atomic E-state index is 0.0599. The van der Waals surface area contributed by atoms with E-state index in [9.17, 15) is 4.79 Å². The van der Waals surface area contributed by atoms with Crippen molar-refractivity contribution in [3.05, 3.63) is 53.0 Å². The second kappa shape index (κ2) is 4.96. The molecule has 0 spiro atoms. The summed E-state index contributed by atoms with van der Waals surface area (Å²) >= 11 is 0. The zero-order chi connectivity index (χ0) is 13.1. The van der Waals surface area contributed by atoms with Gasteiger partial charge in [-0.3, -0.25) is 0 Å². The number of carboxylic acids is 1. The topological polar surface area (TPSA) is 59.7 Å². The van der Waals surface area contributed by atoms with Gasteiger partial charge in [0.05, 0.1) is 0 Å². The van der Waals surface area contributed by atoms with Gasteiger partial charge >= 0.3 is 5.97 Å². The van der Waals surface area contributed by atoms with Crippen molar-refractivity contribution < 1.29 is 19.1 Å². The van der Waals surface area contributed by atoms with Crippen molar-refractivity contribution in [2.45, 2.75) is 20.5 Å². The van der Waals surface area contributed by atoms with Crippen LogP contribution in [-0.4, -0.2) is 11.1 Å². The van der Waals surface area contributed by atoms with Gasteiger partial charge in [-0.15, -0.1) is 0 Å². The lowest BCUT2D eigenvalue weighted by Gasteiger charge is -2.05. The van der Waals surface area contributed by atoms with Crippen LogP contribution in [0.15, 0.2) is 34.7 Å². The first kappa shape index (κ1) is 12.2. The molecule has 1 aromatic carbocycles. The van der Waals surface area contributed by atoms with Gasteiger partial charge in [0, 0.05) is 5.56 Å². The van der Waals surface area contributed by atoms with Crippen LogP contribution >= 0.6 is 0 Å². The van der Waals surface area contributed by atoms with Crippen molar-refractivity contribution in [2.24, 2.45) is 0 Å². The van der Waals surface area contributed by atoms with Crippen LogP contribution in [0.2, 0.25) is 0 Å². The normalized spacial score (nSPS) is 10.3. The molecule has 0 radical (unpaired) electrons. The lowest BCUT2D eigenvalue weighted by molar-refractivity contribution is 0.0661. The van der Waals surface area contributed by atoms with E-state index in [-0.39, 0.29) is 5.76 Å². The highest BCUT2D eigenvalue weighted by atomic mass is 16.5. The van der Waals surface area contributed by atoms with Crippen LogP contribution in [0.1, 0.15) is 27.4 Å². The predicted molar refractivity (Wildman–Crippen MR) is 65.9 cm³/mol. The fourth-order valence-corrected chi connectivity index (χ4v) is 1.63. The number of hydrogen-bond donors (Lipinski definition) is 1. The van der Waals surface area contributed by atoms with Gasteiger partial charge in [0.1, 0.15) is 18.1 Å². The molecule has 0 unspecified atom stereocenters. The van der Waals surface area contributed by atoms with E-state index in [1.54, 1.807) is 6.92 Å². The third-order valence-electron chi connectivity index (χ3n) is 2.62. The zero-order valence-electron chi connectivity index (χ0n) is 10.3. The number of carbonyl (C=O) groups is 1. The predicted octanol–water partition coefficient (Wildman–Crippen LogP) is 3.17. The molecule has 18 heavy (non-hydrogen) atoms. The van der Waals surface area contributed by atoms with Crippen LogP contribution in [0.3, 0.4) is 0 Å². The number of furan rings is 1. The van der Waals surface area contributed by atoms with Crippen LogP contribution in [0.4, 0.5) is 0 Å². The van der Waals surface area contributed by atoms with E-state index in [1.165, 1.54) is 6.07 Å². The number of carboxylic acid groups (broad SMARTS) is 1. The molecule has 4 heteroatoms. The van der Waals surface area contributed by atoms with Crippen LogP contribution in [0, 0.1) is 13.8 Å². The van der Waals surface area contributed by atoms with Crippen molar-refractivity contribution in [3.63, 3.8) is 0 Å². The number of benzene rings is 1. The Labute approximate surface area is 105 Å². The Bertz CT molecular complexity index is 569. The molecule has 2 rings (SSSR count). The van der Waals surface area contributed by atoms with Crippen molar-refractivity contribution in [3.8, 4) is 5.75 Å². The Morgan fingerprint density at radius 3 is 2.72 bits per heavy atom. The zero-order valence-corrected chi connectivity index (χ0v) is 10.3. The van der Waals surface area contributed by atoms with Gasteiger partial charge in [-0.05, 0) is 37.6 Å². The Kier molecular flexibility index (Phi) is 3.37. The summed E-state index contributed by atoms with van der Waals surface area (Å²) in [5, 5.41) is 8.81. The maximum Gasteiger partial charge on any atom is 0.371 e. The summed E-state index contributed by atoms with van der Waals surface area (Å²) < 4.78 is 10.7. The first-order valence-electron chi connectivity index (χ1n) is 5.58. The molecule has 0 bridgehead atoms. The molecule has 0 amide bonds. The second-order valence-corrected chi connectivity index (χ2v) is 4.10. The molecule has 1 aromatic heterocycles. The van der Waals surface area contributed by atoms with Crippen molar-refractivity contribution >= 4 is 5.97 Å². The van der Waals surface area contributed by atoms with E-state index in [0.717, 1.165) is 16.9 Å². The van der Waals surface area contributed by atoms with Crippen LogP contribution < -0.4 is 4.74 Å². The number of hydrogen-bond acceptors (Lipinski definition) is 3. The number of aromatic carboxylic acids is 1. The standard InChI is InChI=1S/C14H14O4/c1-9-4-3-5-12(6-9)17-8-11-7-13(14(15)16)18-10(11)2/h3-7H,8H2,1-2H3,(H,15,16). The number of rotatable bonds is 4. The van der Waals surface area contributed by atoms with Gasteiger partial charge in [0.15, 0.2) is 0 Å². The van der Waals surface area contributed by atoms with E-state index in [2.05, 4.69) is 0 Å². The third kappa shape index (κ3) is 2.71. The molecule has 0 atom stereocenters. The Hall–Kier alpha value is -2.23. The minimum Gasteiger partial charge on any atom is -0.489 e. The maximum absolute atomic E-state index is 10.8. The molecule has 2 aromatic rings. The van der Waals surface area contributed by atoms with E-state index in [0.29, 0.717) is 12.4 Å². The smallest absolute Gasteiger partial charge is 0.371 e. The van der Waals surface area contributed by atoms with Gasteiger partial charge in [-0.25, -0.2) is 4.79 Å². The minimum atomic E-state index is -1.07. The Balaban J connectivity index is 2.08. The van der Waals surface area contributed by atoms with Gasteiger partial charge in [-0.2, -0.15) is 0 Å². The number of ether oxygens (including phenoxy) is 1. The lowest BCUT2D eigenvalue weighted by atomic mass is 10.2. The highest BCUT2D eigenvalue weighted by Crippen LogP contribution is 2.19. The molecule has 0 saturated heterocycles. The monoisotopic (exact) mass is 246 g/mol. The van der Waals surface area contributed by atoms with Crippen molar-refractivity contribution in [1.29, 1.82) is 0 Å². The van der Waals surface area contributed by atoms with Gasteiger partial charge < -0.3 is 14.3 Å². The van der Waals surface area contributed by atoms with Gasteiger partial charge in [0.2, 0.25) is 5.76 Å². The molecule has 0 aliphatic rings. The largest absolute Gasteiger partial charge is 0.489 e. The maximum atomic E-state index is 10.8. The molecule has 0 saturated carbocycles. The summed E-state index contributed by atoms with van der Waals surface area (Å²) in [5.41, 5.74) is 1.86. The average molecular weight is 246 g/mol. The molecule has 4 nitrogen and oxygen atoms in total. The van der Waals surface area contributed by atoms with E-state index in [1.807, 2.05) is 31.2 Å². The quantitative estimate of drug-likeness (QED) is 0.900. The first-order chi connectivity index (χ1) is 8.56. The Morgan fingerprint density at radius 2 is 2.11 bits per heavy atom. The fraction of sp³-hybridized carbons (Fsp3) is 0.214. The van der Waals surface area contributed by atoms with E-state index >= 15 is 0 Å². The van der Waals surface area contributed by atoms with Crippen LogP contribution in [0.25, 0.3) is 0 Å². The lowest BCUT2D eigenvalue weighted by Crippen LogP contribution is -1.96. The second-order valence-electron chi connectivity index (χ2n) is 4.10.